The first-order chi connectivity index (χ1) is 15.0. The number of guanidine groups is 1. The van der Waals surface area contributed by atoms with Gasteiger partial charge in [0.2, 0.25) is 5.91 Å². The van der Waals surface area contributed by atoms with E-state index in [1.54, 1.807) is 13.1 Å². The van der Waals surface area contributed by atoms with Gasteiger partial charge in [0.1, 0.15) is 5.82 Å². The summed E-state index contributed by atoms with van der Waals surface area (Å²) in [6.45, 7) is 6.04. The Kier molecular flexibility index (Phi) is 7.89. The van der Waals surface area contributed by atoms with E-state index in [0.717, 1.165) is 47.6 Å². The molecular weight excluding hydrogens is 412 g/mol. The molecule has 2 aromatic carbocycles. The number of aliphatic imine (C=N–C) groups is 1. The standard InChI is InChI=1S/C23H29ClN6O/c1-16-18(24)8-6-10-19(16)29-22(31)12-14-27-23(25-3)26-13-7-15-30-17(2)28-20-9-4-5-11-21(20)30/h4-6,8-11H,7,12-15H2,1-3H3,(H,29,31)(H2,25,26,27). The van der Waals surface area contributed by atoms with Crippen molar-refractivity contribution in [2.45, 2.75) is 33.2 Å². The first-order valence-electron chi connectivity index (χ1n) is 10.4. The van der Waals surface area contributed by atoms with Crippen LogP contribution in [-0.2, 0) is 11.3 Å². The van der Waals surface area contributed by atoms with Crippen molar-refractivity contribution in [3.63, 3.8) is 0 Å². The van der Waals surface area contributed by atoms with Crippen molar-refractivity contribution in [2.24, 2.45) is 4.99 Å². The lowest BCUT2D eigenvalue weighted by Gasteiger charge is -2.13. The van der Waals surface area contributed by atoms with Crippen molar-refractivity contribution in [1.29, 1.82) is 0 Å². The van der Waals surface area contributed by atoms with Gasteiger partial charge in [-0.1, -0.05) is 29.8 Å². The maximum atomic E-state index is 12.2. The molecule has 0 saturated heterocycles. The van der Waals surface area contributed by atoms with Crippen LogP contribution in [0.5, 0.6) is 0 Å². The Balaban J connectivity index is 1.39. The molecule has 3 N–H and O–H groups in total. The number of imidazole rings is 1. The lowest BCUT2D eigenvalue weighted by Crippen LogP contribution is -2.39. The summed E-state index contributed by atoms with van der Waals surface area (Å²) in [6.07, 6.45) is 1.25. The van der Waals surface area contributed by atoms with E-state index in [0.29, 0.717) is 23.9 Å². The third kappa shape index (κ3) is 5.98. The number of aromatic nitrogens is 2. The Bertz CT molecular complexity index is 1080. The molecule has 1 amide bonds. The van der Waals surface area contributed by atoms with Crippen molar-refractivity contribution in [2.75, 3.05) is 25.5 Å². The van der Waals surface area contributed by atoms with Crippen LogP contribution in [0.25, 0.3) is 11.0 Å². The summed E-state index contributed by atoms with van der Waals surface area (Å²) in [7, 11) is 1.72. The normalized spacial score (nSPS) is 11.5. The fraction of sp³-hybridized carbons (Fsp3) is 0.348. The van der Waals surface area contributed by atoms with Gasteiger partial charge in [-0.3, -0.25) is 9.79 Å². The average Bonchev–Trinajstić information content (AvgIpc) is 3.08. The maximum Gasteiger partial charge on any atom is 0.226 e. The van der Waals surface area contributed by atoms with Crippen LogP contribution < -0.4 is 16.0 Å². The van der Waals surface area contributed by atoms with Gasteiger partial charge in [-0.15, -0.1) is 0 Å². The average molecular weight is 441 g/mol. The Hall–Kier alpha value is -3.06. The Morgan fingerprint density at radius 1 is 1.10 bits per heavy atom. The van der Waals surface area contributed by atoms with Crippen LogP contribution >= 0.6 is 11.6 Å². The van der Waals surface area contributed by atoms with Crippen LogP contribution in [0.2, 0.25) is 5.02 Å². The summed E-state index contributed by atoms with van der Waals surface area (Å²) < 4.78 is 2.23. The fourth-order valence-corrected chi connectivity index (χ4v) is 3.57. The van der Waals surface area contributed by atoms with E-state index in [1.165, 1.54) is 0 Å². The van der Waals surface area contributed by atoms with Gasteiger partial charge in [0.05, 0.1) is 11.0 Å². The highest BCUT2D eigenvalue weighted by atomic mass is 35.5. The highest BCUT2D eigenvalue weighted by Gasteiger charge is 2.08. The zero-order valence-electron chi connectivity index (χ0n) is 18.2. The molecule has 164 valence electrons. The first kappa shape index (κ1) is 22.6. The lowest BCUT2D eigenvalue weighted by atomic mass is 10.2. The Morgan fingerprint density at radius 2 is 1.87 bits per heavy atom. The van der Waals surface area contributed by atoms with Crippen LogP contribution in [0.15, 0.2) is 47.5 Å². The van der Waals surface area contributed by atoms with E-state index in [2.05, 4.69) is 36.6 Å². The predicted octanol–water partition coefficient (Wildman–Crippen LogP) is 3.89. The van der Waals surface area contributed by atoms with Gasteiger partial charge in [-0.2, -0.15) is 0 Å². The van der Waals surface area contributed by atoms with E-state index in [1.807, 2.05) is 44.2 Å². The Labute approximate surface area is 187 Å². The van der Waals surface area contributed by atoms with Gasteiger partial charge in [-0.05, 0) is 50.1 Å². The van der Waals surface area contributed by atoms with Crippen molar-refractivity contribution in [3.05, 3.63) is 58.9 Å². The molecule has 0 atom stereocenters. The number of para-hydroxylation sites is 2. The van der Waals surface area contributed by atoms with E-state index < -0.39 is 0 Å². The van der Waals surface area contributed by atoms with Crippen molar-refractivity contribution >= 4 is 40.2 Å². The summed E-state index contributed by atoms with van der Waals surface area (Å²) in [4.78, 5) is 21.0. The van der Waals surface area contributed by atoms with Gasteiger partial charge in [0.25, 0.3) is 0 Å². The monoisotopic (exact) mass is 440 g/mol. The molecule has 0 radical (unpaired) electrons. The molecule has 3 rings (SSSR count). The van der Waals surface area contributed by atoms with E-state index in [4.69, 9.17) is 11.6 Å². The second-order valence-electron chi connectivity index (χ2n) is 7.29. The van der Waals surface area contributed by atoms with Crippen molar-refractivity contribution < 1.29 is 4.79 Å². The quantitative estimate of drug-likeness (QED) is 0.282. The van der Waals surface area contributed by atoms with Crippen LogP contribution in [0.4, 0.5) is 5.69 Å². The number of fused-ring (bicyclic) bond motifs is 1. The van der Waals surface area contributed by atoms with Gasteiger partial charge < -0.3 is 20.5 Å². The smallest absolute Gasteiger partial charge is 0.226 e. The number of carbonyl (C=O) groups is 1. The molecule has 0 bridgehead atoms. The molecule has 31 heavy (non-hydrogen) atoms. The zero-order valence-corrected chi connectivity index (χ0v) is 19.0. The zero-order chi connectivity index (χ0) is 22.2. The summed E-state index contributed by atoms with van der Waals surface area (Å²) in [6, 6.07) is 13.6. The SMILES string of the molecule is CN=C(NCCCn1c(C)nc2ccccc21)NCCC(=O)Nc1cccc(Cl)c1C. The summed E-state index contributed by atoms with van der Waals surface area (Å²) in [5.74, 6) is 1.62. The van der Waals surface area contributed by atoms with Crippen LogP contribution in [0, 0.1) is 13.8 Å². The number of anilines is 1. The number of hydrogen-bond acceptors (Lipinski definition) is 3. The minimum absolute atomic E-state index is 0.0734. The molecule has 0 unspecified atom stereocenters. The second-order valence-corrected chi connectivity index (χ2v) is 7.70. The van der Waals surface area contributed by atoms with Gasteiger partial charge >= 0.3 is 0 Å². The molecule has 8 heteroatoms. The number of halogens is 1. The predicted molar refractivity (Wildman–Crippen MR) is 128 cm³/mol. The van der Waals surface area contributed by atoms with Crippen molar-refractivity contribution in [3.8, 4) is 0 Å². The van der Waals surface area contributed by atoms with Gasteiger partial charge in [-0.25, -0.2) is 4.98 Å². The van der Waals surface area contributed by atoms with E-state index >= 15 is 0 Å². The Morgan fingerprint density at radius 3 is 2.68 bits per heavy atom. The molecule has 0 aliphatic heterocycles. The number of nitrogens with one attached hydrogen (secondary N) is 3. The molecule has 0 spiro atoms. The number of carbonyl (C=O) groups excluding carboxylic acids is 1. The molecule has 0 saturated carbocycles. The van der Waals surface area contributed by atoms with Gasteiger partial charge in [0, 0.05) is 43.8 Å². The van der Waals surface area contributed by atoms with Gasteiger partial charge in [0.15, 0.2) is 5.96 Å². The molecule has 1 aromatic heterocycles. The third-order valence-electron chi connectivity index (χ3n) is 5.11. The van der Waals surface area contributed by atoms with E-state index in [9.17, 15) is 4.79 Å². The minimum Gasteiger partial charge on any atom is -0.356 e. The summed E-state index contributed by atoms with van der Waals surface area (Å²) in [5.41, 5.74) is 3.78. The molecule has 7 nitrogen and oxygen atoms in total. The summed E-state index contributed by atoms with van der Waals surface area (Å²) >= 11 is 6.10. The molecule has 0 aliphatic rings. The number of amides is 1. The van der Waals surface area contributed by atoms with Crippen molar-refractivity contribution in [1.82, 2.24) is 20.2 Å². The molecule has 1 heterocycles. The van der Waals surface area contributed by atoms with Crippen LogP contribution in [0.1, 0.15) is 24.2 Å². The third-order valence-corrected chi connectivity index (χ3v) is 5.52. The molecule has 0 aliphatic carbocycles. The van der Waals surface area contributed by atoms with E-state index in [-0.39, 0.29) is 5.91 Å². The number of hydrogen-bond donors (Lipinski definition) is 3. The molecule has 3 aromatic rings. The highest BCUT2D eigenvalue weighted by molar-refractivity contribution is 6.31. The molecular formula is C23H29ClN6O. The van der Waals surface area contributed by atoms with Crippen LogP contribution in [0.3, 0.4) is 0 Å². The maximum absolute atomic E-state index is 12.2. The number of rotatable bonds is 8. The molecule has 0 fully saturated rings. The number of aryl methyl sites for hydroxylation is 2. The number of benzene rings is 2. The second kappa shape index (κ2) is 10.8. The fourth-order valence-electron chi connectivity index (χ4n) is 3.39. The topological polar surface area (TPSA) is 83.3 Å². The lowest BCUT2D eigenvalue weighted by molar-refractivity contribution is -0.116. The highest BCUT2D eigenvalue weighted by Crippen LogP contribution is 2.22. The minimum atomic E-state index is -0.0734. The van der Waals surface area contributed by atoms with Crippen LogP contribution in [-0.4, -0.2) is 41.6 Å². The largest absolute Gasteiger partial charge is 0.356 e. The summed E-state index contributed by atoms with van der Waals surface area (Å²) in [5, 5.41) is 10.0. The number of nitrogens with zero attached hydrogens (tertiary/aromatic N) is 3. The first-order valence-corrected chi connectivity index (χ1v) is 10.8.